The van der Waals surface area contributed by atoms with E-state index in [1.807, 2.05) is 24.3 Å². The molecule has 29 heavy (non-hydrogen) atoms. The van der Waals surface area contributed by atoms with Crippen LogP contribution in [0.15, 0.2) is 71.6 Å². The zero-order chi connectivity index (χ0) is 20.2. The normalized spacial score (nSPS) is 10.7. The molecule has 0 unspecified atom stereocenters. The number of carbonyl (C=O) groups is 2. The van der Waals surface area contributed by atoms with Gasteiger partial charge in [0.2, 0.25) is 5.95 Å². The second-order valence-electron chi connectivity index (χ2n) is 6.02. The molecule has 7 nitrogen and oxygen atoms in total. The fourth-order valence-corrected chi connectivity index (χ4v) is 3.63. The van der Waals surface area contributed by atoms with Gasteiger partial charge in [-0.2, -0.15) is 0 Å². The summed E-state index contributed by atoms with van der Waals surface area (Å²) < 4.78 is 6.85. The van der Waals surface area contributed by atoms with Gasteiger partial charge in [-0.05, 0) is 35.9 Å². The van der Waals surface area contributed by atoms with Crippen LogP contribution in [-0.4, -0.2) is 21.4 Å². The molecule has 0 radical (unpaired) electrons. The van der Waals surface area contributed by atoms with Crippen LogP contribution in [0.2, 0.25) is 5.02 Å². The van der Waals surface area contributed by atoms with Gasteiger partial charge in [-0.15, -0.1) is 11.3 Å². The summed E-state index contributed by atoms with van der Waals surface area (Å²) in [6, 6.07) is 14.0. The van der Waals surface area contributed by atoms with Gasteiger partial charge in [0.25, 0.3) is 11.8 Å². The van der Waals surface area contributed by atoms with Crippen molar-refractivity contribution in [1.29, 1.82) is 0 Å². The summed E-state index contributed by atoms with van der Waals surface area (Å²) >= 11 is 7.37. The van der Waals surface area contributed by atoms with E-state index in [1.54, 1.807) is 41.2 Å². The second-order valence-corrected chi connectivity index (χ2v) is 7.51. The molecular weight excluding hydrogens is 412 g/mol. The largest absolute Gasteiger partial charge is 0.459 e. The Labute approximate surface area is 174 Å². The zero-order valence-corrected chi connectivity index (χ0v) is 16.5. The number of benzene rings is 1. The van der Waals surface area contributed by atoms with Gasteiger partial charge in [-0.3, -0.25) is 14.9 Å². The van der Waals surface area contributed by atoms with E-state index in [0.29, 0.717) is 27.4 Å². The van der Waals surface area contributed by atoms with Crippen molar-refractivity contribution in [3.8, 4) is 0 Å². The molecule has 0 aliphatic heterocycles. The van der Waals surface area contributed by atoms with E-state index in [1.165, 1.54) is 6.26 Å². The molecule has 9 heteroatoms. The molecule has 4 rings (SSSR count). The number of furan rings is 1. The number of aromatic nitrogens is 2. The number of anilines is 2. The van der Waals surface area contributed by atoms with Crippen molar-refractivity contribution < 1.29 is 14.0 Å². The molecule has 4 aromatic rings. The maximum absolute atomic E-state index is 12.6. The van der Waals surface area contributed by atoms with Gasteiger partial charge in [-0.25, -0.2) is 4.98 Å². The predicted octanol–water partition coefficient (Wildman–Crippen LogP) is 4.74. The Morgan fingerprint density at radius 2 is 1.93 bits per heavy atom. The highest BCUT2D eigenvalue weighted by molar-refractivity contribution is 7.18. The average molecular weight is 427 g/mol. The Kier molecular flexibility index (Phi) is 5.46. The molecule has 0 spiro atoms. The number of halogens is 1. The van der Waals surface area contributed by atoms with E-state index in [9.17, 15) is 9.59 Å². The third-order valence-electron chi connectivity index (χ3n) is 4.05. The Morgan fingerprint density at radius 1 is 1.07 bits per heavy atom. The molecule has 1 aromatic carbocycles. The molecule has 0 aliphatic rings. The molecule has 2 amide bonds. The third-order valence-corrected chi connectivity index (χ3v) is 5.42. The second kappa shape index (κ2) is 8.34. The van der Waals surface area contributed by atoms with Crippen molar-refractivity contribution in [3.05, 3.63) is 88.4 Å². The topological polar surface area (TPSA) is 89.2 Å². The minimum Gasteiger partial charge on any atom is -0.459 e. The average Bonchev–Trinajstić information content (AvgIpc) is 3.46. The zero-order valence-electron chi connectivity index (χ0n) is 15.0. The summed E-state index contributed by atoms with van der Waals surface area (Å²) in [5.41, 5.74) is 0.918. The van der Waals surface area contributed by atoms with Crippen molar-refractivity contribution in [3.63, 3.8) is 0 Å². The lowest BCUT2D eigenvalue weighted by molar-refractivity contribution is 0.0995. The molecule has 0 saturated heterocycles. The number of nitrogens with zero attached hydrogens (tertiary/aromatic N) is 2. The number of amides is 2. The highest BCUT2D eigenvalue weighted by Crippen LogP contribution is 2.24. The van der Waals surface area contributed by atoms with Crippen molar-refractivity contribution in [2.45, 2.75) is 6.54 Å². The van der Waals surface area contributed by atoms with Crippen LogP contribution < -0.4 is 10.6 Å². The van der Waals surface area contributed by atoms with Crippen LogP contribution in [0.5, 0.6) is 0 Å². The first-order chi connectivity index (χ1) is 14.1. The Hall–Kier alpha value is -3.36. The van der Waals surface area contributed by atoms with Crippen LogP contribution in [0.1, 0.15) is 25.8 Å². The van der Waals surface area contributed by atoms with E-state index in [2.05, 4.69) is 15.6 Å². The number of hydrogen-bond acceptors (Lipinski definition) is 5. The Bertz CT molecular complexity index is 1150. The summed E-state index contributed by atoms with van der Waals surface area (Å²) in [5, 5.41) is 6.67. The van der Waals surface area contributed by atoms with Crippen molar-refractivity contribution >= 4 is 45.7 Å². The maximum atomic E-state index is 12.6. The van der Waals surface area contributed by atoms with Gasteiger partial charge in [0.1, 0.15) is 0 Å². The van der Waals surface area contributed by atoms with Gasteiger partial charge in [0, 0.05) is 17.4 Å². The third kappa shape index (κ3) is 4.39. The van der Waals surface area contributed by atoms with Crippen LogP contribution in [-0.2, 0) is 6.54 Å². The summed E-state index contributed by atoms with van der Waals surface area (Å²) in [6.07, 6.45) is 4.80. The molecule has 0 bridgehead atoms. The lowest BCUT2D eigenvalue weighted by atomic mass is 10.2. The van der Waals surface area contributed by atoms with Crippen LogP contribution in [0, 0.1) is 0 Å². The van der Waals surface area contributed by atoms with Crippen LogP contribution in [0.4, 0.5) is 10.9 Å². The smallest absolute Gasteiger partial charge is 0.291 e. The van der Waals surface area contributed by atoms with Crippen LogP contribution in [0.25, 0.3) is 0 Å². The van der Waals surface area contributed by atoms with E-state index in [-0.39, 0.29) is 17.6 Å². The minimum atomic E-state index is -0.376. The quantitative estimate of drug-likeness (QED) is 0.466. The number of hydrogen-bond donors (Lipinski definition) is 2. The van der Waals surface area contributed by atoms with E-state index < -0.39 is 0 Å². The first-order valence-electron chi connectivity index (χ1n) is 8.61. The van der Waals surface area contributed by atoms with Gasteiger partial charge in [-0.1, -0.05) is 29.8 Å². The molecule has 0 aliphatic carbocycles. The predicted molar refractivity (Wildman–Crippen MR) is 112 cm³/mol. The van der Waals surface area contributed by atoms with Crippen molar-refractivity contribution in [1.82, 2.24) is 9.55 Å². The molecule has 0 atom stereocenters. The molecule has 3 heterocycles. The maximum Gasteiger partial charge on any atom is 0.291 e. The highest BCUT2D eigenvalue weighted by Gasteiger charge is 2.15. The lowest BCUT2D eigenvalue weighted by Crippen LogP contribution is -2.15. The summed E-state index contributed by atoms with van der Waals surface area (Å²) in [7, 11) is 0. The summed E-state index contributed by atoms with van der Waals surface area (Å²) in [5.74, 6) is -0.0883. The standard InChI is InChI=1S/C20H15ClN4O3S/c21-14-5-2-1-4-13(14)12-25-10-9-22-20(25)24-19(27)16-7-8-17(29-16)23-18(26)15-6-3-11-28-15/h1-11H,12H2,(H,23,26)(H,22,24,27). The molecule has 0 fully saturated rings. The van der Waals surface area contributed by atoms with Crippen molar-refractivity contribution in [2.24, 2.45) is 0 Å². The number of thiophene rings is 1. The minimum absolute atomic E-state index is 0.200. The molecule has 146 valence electrons. The summed E-state index contributed by atoms with van der Waals surface area (Å²) in [6.45, 7) is 0.476. The molecule has 2 N–H and O–H groups in total. The Balaban J connectivity index is 1.43. The van der Waals surface area contributed by atoms with Gasteiger partial charge in [0.15, 0.2) is 5.76 Å². The van der Waals surface area contributed by atoms with E-state index >= 15 is 0 Å². The fourth-order valence-electron chi connectivity index (χ4n) is 2.64. The number of rotatable bonds is 6. The SMILES string of the molecule is O=C(Nc1ccc(C(=O)Nc2nccn2Cc2ccccc2Cl)s1)c1ccco1. The first-order valence-corrected chi connectivity index (χ1v) is 9.80. The lowest BCUT2D eigenvalue weighted by Gasteiger charge is -2.09. The van der Waals surface area contributed by atoms with Crippen LogP contribution >= 0.6 is 22.9 Å². The number of nitrogens with one attached hydrogen (secondary N) is 2. The first kappa shape index (κ1) is 19.0. The monoisotopic (exact) mass is 426 g/mol. The molecule has 3 aromatic heterocycles. The highest BCUT2D eigenvalue weighted by atomic mass is 35.5. The van der Waals surface area contributed by atoms with E-state index in [4.69, 9.17) is 16.0 Å². The molecule has 0 saturated carbocycles. The van der Waals surface area contributed by atoms with E-state index in [0.717, 1.165) is 16.9 Å². The number of imidazole rings is 1. The van der Waals surface area contributed by atoms with Crippen molar-refractivity contribution in [2.75, 3.05) is 10.6 Å². The van der Waals surface area contributed by atoms with Gasteiger partial charge < -0.3 is 14.3 Å². The fraction of sp³-hybridized carbons (Fsp3) is 0.0500. The Morgan fingerprint density at radius 3 is 2.72 bits per heavy atom. The van der Waals surface area contributed by atoms with Crippen LogP contribution in [0.3, 0.4) is 0 Å². The summed E-state index contributed by atoms with van der Waals surface area (Å²) in [4.78, 5) is 29.3. The van der Waals surface area contributed by atoms with Gasteiger partial charge in [0.05, 0.1) is 22.7 Å². The van der Waals surface area contributed by atoms with Gasteiger partial charge >= 0.3 is 0 Å². The number of carbonyl (C=O) groups excluding carboxylic acids is 2. The molecular formula is C20H15ClN4O3S.